The molecule has 5 atom stereocenters. The van der Waals surface area contributed by atoms with Crippen LogP contribution < -0.4 is 0 Å². The van der Waals surface area contributed by atoms with E-state index in [2.05, 4.69) is 38.8 Å². The van der Waals surface area contributed by atoms with Crippen molar-refractivity contribution < 1.29 is 14.2 Å². The normalized spacial score (nSPS) is 36.9. The standard InChI is InChI=1S/C26H43NO3/c1-19-10-11-23-21-18-29-25(20-8-5-6-9-20)30-24(21)12-14-26(23,2)22(19)13-17-28-16-7-15-27(3)4/h18,20,22-25H,1,5-17H2,2-4H3/t22-,23?,24-,25-,26+/m1/s1. The predicted octanol–water partition coefficient (Wildman–Crippen LogP) is 5.54. The van der Waals surface area contributed by atoms with Crippen molar-refractivity contribution in [1.29, 1.82) is 0 Å². The van der Waals surface area contributed by atoms with Crippen molar-refractivity contribution in [3.05, 3.63) is 24.0 Å². The molecule has 0 radical (unpaired) electrons. The Bertz CT molecular complexity index is 624. The van der Waals surface area contributed by atoms with Crippen molar-refractivity contribution >= 4 is 0 Å². The van der Waals surface area contributed by atoms with Crippen molar-refractivity contribution in [3.63, 3.8) is 0 Å². The van der Waals surface area contributed by atoms with Crippen LogP contribution in [0.5, 0.6) is 0 Å². The molecule has 3 saturated carbocycles. The van der Waals surface area contributed by atoms with E-state index in [0.29, 0.717) is 17.8 Å². The van der Waals surface area contributed by atoms with Crippen LogP contribution in [0.15, 0.2) is 24.0 Å². The molecule has 1 heterocycles. The van der Waals surface area contributed by atoms with Gasteiger partial charge in [-0.1, -0.05) is 31.9 Å². The highest BCUT2D eigenvalue weighted by Crippen LogP contribution is 2.58. The summed E-state index contributed by atoms with van der Waals surface area (Å²) in [5.74, 6) is 1.70. The lowest BCUT2D eigenvalue weighted by Gasteiger charge is -2.55. The lowest BCUT2D eigenvalue weighted by molar-refractivity contribution is -0.192. The van der Waals surface area contributed by atoms with Gasteiger partial charge in [-0.2, -0.15) is 0 Å². The molecule has 1 aliphatic heterocycles. The van der Waals surface area contributed by atoms with Gasteiger partial charge < -0.3 is 19.1 Å². The fraction of sp³-hybridized carbons (Fsp3) is 0.846. The number of rotatable bonds is 8. The topological polar surface area (TPSA) is 30.9 Å². The summed E-state index contributed by atoms with van der Waals surface area (Å²) in [5.41, 5.74) is 3.13. The van der Waals surface area contributed by atoms with Crippen molar-refractivity contribution in [2.45, 2.75) is 83.5 Å². The second-order valence-corrected chi connectivity index (χ2v) is 10.7. The molecule has 0 saturated heterocycles. The first-order valence-electron chi connectivity index (χ1n) is 12.4. The van der Waals surface area contributed by atoms with E-state index in [1.165, 1.54) is 49.7 Å². The van der Waals surface area contributed by atoms with Crippen LogP contribution in [-0.4, -0.2) is 51.1 Å². The van der Waals surface area contributed by atoms with Crippen LogP contribution in [0.3, 0.4) is 0 Å². The first kappa shape index (κ1) is 22.4. The fourth-order valence-corrected chi connectivity index (χ4v) is 6.69. The Morgan fingerprint density at radius 3 is 2.73 bits per heavy atom. The van der Waals surface area contributed by atoms with E-state index < -0.39 is 0 Å². The Morgan fingerprint density at radius 2 is 1.97 bits per heavy atom. The molecule has 0 spiro atoms. The summed E-state index contributed by atoms with van der Waals surface area (Å²) in [7, 11) is 4.24. The highest BCUT2D eigenvalue weighted by molar-refractivity contribution is 5.26. The molecule has 3 fully saturated rings. The molecule has 0 aromatic carbocycles. The molecule has 170 valence electrons. The van der Waals surface area contributed by atoms with Gasteiger partial charge >= 0.3 is 0 Å². The Balaban J connectivity index is 1.37. The molecule has 0 bridgehead atoms. The Kier molecular flexibility index (Phi) is 7.27. The van der Waals surface area contributed by atoms with Gasteiger partial charge in [0.25, 0.3) is 0 Å². The van der Waals surface area contributed by atoms with Crippen LogP contribution >= 0.6 is 0 Å². The molecule has 4 aliphatic rings. The highest BCUT2D eigenvalue weighted by Gasteiger charge is 2.52. The number of allylic oxidation sites excluding steroid dienone is 1. The third-order valence-corrected chi connectivity index (χ3v) is 8.42. The van der Waals surface area contributed by atoms with E-state index in [1.807, 2.05) is 0 Å². The number of fused-ring (bicyclic) bond motifs is 3. The maximum atomic E-state index is 6.53. The van der Waals surface area contributed by atoms with E-state index in [0.717, 1.165) is 45.4 Å². The predicted molar refractivity (Wildman–Crippen MR) is 121 cm³/mol. The van der Waals surface area contributed by atoms with Gasteiger partial charge in [-0.15, -0.1) is 0 Å². The Hall–Kier alpha value is -0.840. The summed E-state index contributed by atoms with van der Waals surface area (Å²) < 4.78 is 18.7. The van der Waals surface area contributed by atoms with Gasteiger partial charge in [-0.3, -0.25) is 0 Å². The molecule has 4 rings (SSSR count). The van der Waals surface area contributed by atoms with E-state index in [9.17, 15) is 0 Å². The smallest absolute Gasteiger partial charge is 0.202 e. The summed E-state index contributed by atoms with van der Waals surface area (Å²) in [6.45, 7) is 9.79. The van der Waals surface area contributed by atoms with Gasteiger partial charge in [0, 0.05) is 19.1 Å². The number of ether oxygens (including phenoxy) is 3. The lowest BCUT2D eigenvalue weighted by Crippen LogP contribution is -2.50. The van der Waals surface area contributed by atoms with Gasteiger partial charge in [-0.25, -0.2) is 0 Å². The van der Waals surface area contributed by atoms with Gasteiger partial charge in [-0.05, 0) is 94.8 Å². The third kappa shape index (κ3) is 4.66. The minimum Gasteiger partial charge on any atom is -0.472 e. The van der Waals surface area contributed by atoms with Gasteiger partial charge in [0.1, 0.15) is 0 Å². The zero-order chi connectivity index (χ0) is 21.1. The molecule has 0 aromatic rings. The Labute approximate surface area is 184 Å². The number of hydrogen-bond acceptors (Lipinski definition) is 4. The molecule has 0 amide bonds. The maximum Gasteiger partial charge on any atom is 0.202 e. The third-order valence-electron chi connectivity index (χ3n) is 8.42. The van der Waals surface area contributed by atoms with Gasteiger partial charge in [0.15, 0.2) is 0 Å². The van der Waals surface area contributed by atoms with Crippen molar-refractivity contribution in [1.82, 2.24) is 4.90 Å². The van der Waals surface area contributed by atoms with E-state index >= 15 is 0 Å². The van der Waals surface area contributed by atoms with E-state index in [4.69, 9.17) is 14.2 Å². The molecular formula is C26H43NO3. The SMILES string of the molecule is C=C1CCC2C3=CO[C@@H](C4CCCC4)O[C@@H]3CC[C@@]2(C)[C@@H]1CCOCCCN(C)C. The van der Waals surface area contributed by atoms with Crippen LogP contribution in [-0.2, 0) is 14.2 Å². The average Bonchev–Trinajstić information content (AvgIpc) is 3.26. The van der Waals surface area contributed by atoms with Gasteiger partial charge in [0.2, 0.25) is 6.29 Å². The van der Waals surface area contributed by atoms with E-state index in [1.54, 1.807) is 0 Å². The molecule has 3 aliphatic carbocycles. The first-order valence-corrected chi connectivity index (χ1v) is 12.4. The molecule has 4 heteroatoms. The minimum absolute atomic E-state index is 0.00414. The van der Waals surface area contributed by atoms with Crippen LogP contribution in [0.4, 0.5) is 0 Å². The second kappa shape index (κ2) is 9.75. The summed E-state index contributed by atoms with van der Waals surface area (Å²) >= 11 is 0. The first-order chi connectivity index (χ1) is 14.5. The van der Waals surface area contributed by atoms with Gasteiger partial charge in [0.05, 0.1) is 12.4 Å². The number of nitrogens with zero attached hydrogens (tertiary/aromatic N) is 1. The Morgan fingerprint density at radius 1 is 1.17 bits per heavy atom. The van der Waals surface area contributed by atoms with Crippen molar-refractivity contribution in [2.75, 3.05) is 33.9 Å². The monoisotopic (exact) mass is 417 g/mol. The zero-order valence-corrected chi connectivity index (χ0v) is 19.5. The minimum atomic E-state index is -0.00414. The molecule has 30 heavy (non-hydrogen) atoms. The molecular weight excluding hydrogens is 374 g/mol. The van der Waals surface area contributed by atoms with E-state index in [-0.39, 0.29) is 17.8 Å². The largest absolute Gasteiger partial charge is 0.472 e. The average molecular weight is 418 g/mol. The summed E-state index contributed by atoms with van der Waals surface area (Å²) in [6.07, 6.45) is 14.4. The quantitative estimate of drug-likeness (QED) is 0.383. The second-order valence-electron chi connectivity index (χ2n) is 10.7. The molecule has 1 unspecified atom stereocenters. The van der Waals surface area contributed by atoms with Crippen molar-refractivity contribution in [3.8, 4) is 0 Å². The molecule has 0 N–H and O–H groups in total. The number of hydrogen-bond donors (Lipinski definition) is 0. The zero-order valence-electron chi connectivity index (χ0n) is 19.5. The lowest BCUT2D eigenvalue weighted by atomic mass is 9.52. The highest BCUT2D eigenvalue weighted by atomic mass is 16.7. The van der Waals surface area contributed by atoms with Crippen LogP contribution in [0.25, 0.3) is 0 Å². The van der Waals surface area contributed by atoms with Crippen LogP contribution in [0, 0.1) is 23.2 Å². The molecule has 0 aromatic heterocycles. The summed E-state index contributed by atoms with van der Waals surface area (Å²) in [5, 5.41) is 0. The maximum absolute atomic E-state index is 6.53. The molecule has 4 nitrogen and oxygen atoms in total. The summed E-state index contributed by atoms with van der Waals surface area (Å²) in [4.78, 5) is 2.22. The van der Waals surface area contributed by atoms with Crippen molar-refractivity contribution in [2.24, 2.45) is 23.2 Å². The van der Waals surface area contributed by atoms with Crippen LogP contribution in [0.1, 0.15) is 71.1 Å². The fourth-order valence-electron chi connectivity index (χ4n) is 6.69. The summed E-state index contributed by atoms with van der Waals surface area (Å²) in [6, 6.07) is 0. The van der Waals surface area contributed by atoms with Crippen LogP contribution in [0.2, 0.25) is 0 Å².